The lowest BCUT2D eigenvalue weighted by atomic mass is 9.99. The van der Waals surface area contributed by atoms with Gasteiger partial charge in [-0.05, 0) is 38.7 Å². The van der Waals surface area contributed by atoms with Gasteiger partial charge in [-0.25, -0.2) is 0 Å². The SMILES string of the molecule is CCc1cc(CC(C)CC(C)=O)n(CC)n1. The highest BCUT2D eigenvalue weighted by molar-refractivity contribution is 5.75. The summed E-state index contributed by atoms with van der Waals surface area (Å²) in [7, 11) is 0. The zero-order chi connectivity index (χ0) is 12.1. The highest BCUT2D eigenvalue weighted by atomic mass is 16.1. The Morgan fingerprint density at radius 2 is 2.19 bits per heavy atom. The summed E-state index contributed by atoms with van der Waals surface area (Å²) in [5.74, 6) is 0.676. The first-order valence-electron chi connectivity index (χ1n) is 6.11. The molecule has 0 aliphatic heterocycles. The van der Waals surface area contributed by atoms with Crippen molar-refractivity contribution in [3.8, 4) is 0 Å². The highest BCUT2D eigenvalue weighted by Gasteiger charge is 2.11. The Morgan fingerprint density at radius 1 is 1.50 bits per heavy atom. The van der Waals surface area contributed by atoms with Crippen molar-refractivity contribution in [2.24, 2.45) is 5.92 Å². The molecule has 3 heteroatoms. The van der Waals surface area contributed by atoms with Gasteiger partial charge >= 0.3 is 0 Å². The van der Waals surface area contributed by atoms with Crippen LogP contribution in [0, 0.1) is 5.92 Å². The van der Waals surface area contributed by atoms with Gasteiger partial charge in [0.05, 0.1) is 5.69 Å². The predicted molar refractivity (Wildman–Crippen MR) is 65.4 cm³/mol. The summed E-state index contributed by atoms with van der Waals surface area (Å²) in [6.45, 7) is 8.91. The molecule has 1 aromatic rings. The van der Waals surface area contributed by atoms with E-state index < -0.39 is 0 Å². The standard InChI is InChI=1S/C13H22N2O/c1-5-12-9-13(15(6-2)14-12)8-10(3)7-11(4)16/h9-10H,5-8H2,1-4H3. The molecule has 0 bridgehead atoms. The van der Waals surface area contributed by atoms with E-state index in [0.29, 0.717) is 12.3 Å². The second-order valence-corrected chi connectivity index (χ2v) is 4.51. The smallest absolute Gasteiger partial charge is 0.130 e. The molecule has 3 nitrogen and oxygen atoms in total. The Kier molecular flexibility index (Phi) is 4.71. The van der Waals surface area contributed by atoms with Gasteiger partial charge in [-0.1, -0.05) is 13.8 Å². The van der Waals surface area contributed by atoms with Crippen LogP contribution in [0.5, 0.6) is 0 Å². The number of hydrogen-bond acceptors (Lipinski definition) is 2. The number of Topliss-reactive ketones (excluding diaryl/α,β-unsaturated/α-hetero) is 1. The summed E-state index contributed by atoms with van der Waals surface area (Å²) in [4.78, 5) is 11.0. The van der Waals surface area contributed by atoms with Gasteiger partial charge in [-0.2, -0.15) is 5.10 Å². The van der Waals surface area contributed by atoms with Crippen molar-refractivity contribution < 1.29 is 4.79 Å². The van der Waals surface area contributed by atoms with Gasteiger partial charge in [0.25, 0.3) is 0 Å². The summed E-state index contributed by atoms with van der Waals surface area (Å²) in [5, 5.41) is 4.51. The fraction of sp³-hybridized carbons (Fsp3) is 0.692. The molecule has 0 aromatic carbocycles. The first-order valence-corrected chi connectivity index (χ1v) is 6.11. The van der Waals surface area contributed by atoms with E-state index in [-0.39, 0.29) is 5.78 Å². The molecule has 1 heterocycles. The lowest BCUT2D eigenvalue weighted by Crippen LogP contribution is -2.10. The normalized spacial score (nSPS) is 12.8. The number of aryl methyl sites for hydroxylation is 2. The van der Waals surface area contributed by atoms with Gasteiger partial charge < -0.3 is 4.79 Å². The topological polar surface area (TPSA) is 34.9 Å². The highest BCUT2D eigenvalue weighted by Crippen LogP contribution is 2.14. The van der Waals surface area contributed by atoms with Crippen molar-refractivity contribution in [3.63, 3.8) is 0 Å². The molecule has 1 rings (SSSR count). The fourth-order valence-electron chi connectivity index (χ4n) is 2.05. The average molecular weight is 222 g/mol. The zero-order valence-corrected chi connectivity index (χ0v) is 10.8. The van der Waals surface area contributed by atoms with Crippen LogP contribution in [-0.2, 0) is 24.2 Å². The van der Waals surface area contributed by atoms with Crippen LogP contribution in [0.1, 0.15) is 45.5 Å². The molecule has 0 fully saturated rings. The number of carbonyl (C=O) groups is 1. The maximum absolute atomic E-state index is 11.0. The zero-order valence-electron chi connectivity index (χ0n) is 10.8. The third kappa shape index (κ3) is 3.47. The average Bonchev–Trinajstić information content (AvgIpc) is 2.59. The molecule has 16 heavy (non-hydrogen) atoms. The molecular formula is C13H22N2O. The van der Waals surface area contributed by atoms with E-state index in [1.165, 1.54) is 5.69 Å². The molecule has 1 aromatic heterocycles. The lowest BCUT2D eigenvalue weighted by Gasteiger charge is -2.10. The number of rotatable bonds is 6. The first kappa shape index (κ1) is 12.9. The number of aromatic nitrogens is 2. The fourth-order valence-corrected chi connectivity index (χ4v) is 2.05. The minimum Gasteiger partial charge on any atom is -0.300 e. The van der Waals surface area contributed by atoms with Crippen LogP contribution in [0.25, 0.3) is 0 Å². The third-order valence-corrected chi connectivity index (χ3v) is 2.77. The number of carbonyl (C=O) groups excluding carboxylic acids is 1. The quantitative estimate of drug-likeness (QED) is 0.741. The lowest BCUT2D eigenvalue weighted by molar-refractivity contribution is -0.117. The maximum Gasteiger partial charge on any atom is 0.130 e. The molecule has 0 amide bonds. The molecular weight excluding hydrogens is 200 g/mol. The van der Waals surface area contributed by atoms with Crippen LogP contribution in [0.2, 0.25) is 0 Å². The molecule has 1 unspecified atom stereocenters. The van der Waals surface area contributed by atoms with Gasteiger partial charge in [0.15, 0.2) is 0 Å². The van der Waals surface area contributed by atoms with Crippen LogP contribution < -0.4 is 0 Å². The molecule has 0 aliphatic rings. The van der Waals surface area contributed by atoms with E-state index in [0.717, 1.165) is 25.1 Å². The Balaban J connectivity index is 2.71. The van der Waals surface area contributed by atoms with Crippen LogP contribution in [0.3, 0.4) is 0 Å². The van der Waals surface area contributed by atoms with Crippen molar-refractivity contribution in [1.29, 1.82) is 0 Å². The van der Waals surface area contributed by atoms with Gasteiger partial charge in [0.2, 0.25) is 0 Å². The minimum atomic E-state index is 0.269. The van der Waals surface area contributed by atoms with Crippen molar-refractivity contribution in [2.45, 2.75) is 53.5 Å². The van der Waals surface area contributed by atoms with Crippen molar-refractivity contribution in [2.75, 3.05) is 0 Å². The maximum atomic E-state index is 11.0. The van der Waals surface area contributed by atoms with E-state index >= 15 is 0 Å². The summed E-state index contributed by atoms with van der Waals surface area (Å²) >= 11 is 0. The Labute approximate surface area is 97.8 Å². The van der Waals surface area contributed by atoms with Crippen LogP contribution in [0.15, 0.2) is 6.07 Å². The molecule has 0 aliphatic carbocycles. The Bertz CT molecular complexity index is 355. The number of nitrogens with zero attached hydrogens (tertiary/aromatic N) is 2. The van der Waals surface area contributed by atoms with E-state index in [4.69, 9.17) is 0 Å². The molecule has 90 valence electrons. The Morgan fingerprint density at radius 3 is 2.69 bits per heavy atom. The van der Waals surface area contributed by atoms with Crippen molar-refractivity contribution >= 4 is 5.78 Å². The minimum absolute atomic E-state index is 0.269. The molecule has 0 radical (unpaired) electrons. The summed E-state index contributed by atoms with van der Waals surface area (Å²) in [6.07, 6.45) is 2.58. The number of hydrogen-bond donors (Lipinski definition) is 0. The van der Waals surface area contributed by atoms with Crippen LogP contribution in [0.4, 0.5) is 0 Å². The van der Waals surface area contributed by atoms with Crippen molar-refractivity contribution in [1.82, 2.24) is 9.78 Å². The van der Waals surface area contributed by atoms with E-state index in [1.807, 2.05) is 0 Å². The van der Waals surface area contributed by atoms with Gasteiger partial charge in [0, 0.05) is 18.7 Å². The van der Waals surface area contributed by atoms with Crippen LogP contribution in [-0.4, -0.2) is 15.6 Å². The van der Waals surface area contributed by atoms with E-state index in [2.05, 4.69) is 36.6 Å². The molecule has 0 saturated carbocycles. The third-order valence-electron chi connectivity index (χ3n) is 2.77. The monoisotopic (exact) mass is 222 g/mol. The van der Waals surface area contributed by atoms with Gasteiger partial charge in [-0.3, -0.25) is 4.68 Å². The molecule has 1 atom stereocenters. The second-order valence-electron chi connectivity index (χ2n) is 4.51. The van der Waals surface area contributed by atoms with Gasteiger partial charge in [-0.15, -0.1) is 0 Å². The summed E-state index contributed by atoms with van der Waals surface area (Å²) < 4.78 is 2.05. The Hall–Kier alpha value is -1.12. The summed E-state index contributed by atoms with van der Waals surface area (Å²) in [5.41, 5.74) is 2.40. The second kappa shape index (κ2) is 5.83. The van der Waals surface area contributed by atoms with Gasteiger partial charge in [0.1, 0.15) is 5.78 Å². The van der Waals surface area contributed by atoms with E-state index in [1.54, 1.807) is 6.92 Å². The predicted octanol–water partition coefficient (Wildman–Crippen LogP) is 2.62. The molecule has 0 N–H and O–H groups in total. The molecule has 0 saturated heterocycles. The van der Waals surface area contributed by atoms with Crippen molar-refractivity contribution in [3.05, 3.63) is 17.5 Å². The molecule has 0 spiro atoms. The van der Waals surface area contributed by atoms with Crippen LogP contribution >= 0.6 is 0 Å². The largest absolute Gasteiger partial charge is 0.300 e. The number of ketones is 1. The summed E-state index contributed by atoms with van der Waals surface area (Å²) in [6, 6.07) is 2.17. The van der Waals surface area contributed by atoms with E-state index in [9.17, 15) is 4.79 Å². The first-order chi connectivity index (χ1) is 7.56.